The van der Waals surface area contributed by atoms with Crippen LogP contribution in [0.15, 0.2) is 0 Å². The molecule has 0 radical (unpaired) electrons. The van der Waals surface area contributed by atoms with Gasteiger partial charge in [0.2, 0.25) is 0 Å². The van der Waals surface area contributed by atoms with Gasteiger partial charge in [0.05, 0.1) is 0 Å². The first-order chi connectivity index (χ1) is 4.47. The van der Waals surface area contributed by atoms with Gasteiger partial charge in [0.25, 0.3) is 0 Å². The van der Waals surface area contributed by atoms with Gasteiger partial charge in [0.1, 0.15) is 0 Å². The van der Waals surface area contributed by atoms with Crippen LogP contribution in [-0.4, -0.2) is 17.6 Å². The molecule has 60 valence electrons. The van der Waals surface area contributed by atoms with Gasteiger partial charge in [-0.25, -0.2) is 0 Å². The van der Waals surface area contributed by atoms with Gasteiger partial charge < -0.3 is 11.1 Å². The Labute approximate surface area is 63.2 Å². The lowest BCUT2D eigenvalue weighted by Crippen LogP contribution is -2.54. The predicted octanol–water partition coefficient (Wildman–Crippen LogP) is 0.864. The molecule has 0 unspecified atom stereocenters. The highest BCUT2D eigenvalue weighted by atomic mass is 15.0. The molecule has 0 aromatic rings. The van der Waals surface area contributed by atoms with Crippen LogP contribution >= 0.6 is 0 Å². The Bertz CT molecular complexity index is 109. The van der Waals surface area contributed by atoms with E-state index in [4.69, 9.17) is 5.73 Å². The number of nitrogens with one attached hydrogen (secondary N) is 1. The van der Waals surface area contributed by atoms with Crippen LogP contribution in [-0.2, 0) is 0 Å². The van der Waals surface area contributed by atoms with E-state index in [1.54, 1.807) is 0 Å². The summed E-state index contributed by atoms with van der Waals surface area (Å²) < 4.78 is 0. The minimum absolute atomic E-state index is 0.255. The average molecular weight is 142 g/mol. The highest BCUT2D eigenvalue weighted by Crippen LogP contribution is 2.19. The van der Waals surface area contributed by atoms with Gasteiger partial charge in [-0.3, -0.25) is 0 Å². The van der Waals surface area contributed by atoms with Gasteiger partial charge in [-0.15, -0.1) is 0 Å². The summed E-state index contributed by atoms with van der Waals surface area (Å²) >= 11 is 0. The standard InChI is InChI=1S/C8H18N2/c1-8(2,3)10-7-4-6(9)5-7/h6-7,10H,4-5,9H2,1-3H3/t6-,7+. The molecule has 1 aliphatic carbocycles. The molecule has 1 rings (SSSR count). The zero-order valence-corrected chi connectivity index (χ0v) is 7.15. The first-order valence-corrected chi connectivity index (χ1v) is 4.01. The summed E-state index contributed by atoms with van der Waals surface area (Å²) in [5, 5.41) is 3.51. The van der Waals surface area contributed by atoms with Gasteiger partial charge in [-0.2, -0.15) is 0 Å². The molecule has 1 aliphatic rings. The second kappa shape index (κ2) is 2.51. The van der Waals surface area contributed by atoms with Gasteiger partial charge in [-0.1, -0.05) is 0 Å². The summed E-state index contributed by atoms with van der Waals surface area (Å²) in [4.78, 5) is 0. The lowest BCUT2D eigenvalue weighted by atomic mass is 9.86. The molecule has 0 aromatic carbocycles. The van der Waals surface area contributed by atoms with E-state index in [1.165, 1.54) is 0 Å². The zero-order chi connectivity index (χ0) is 7.78. The predicted molar refractivity (Wildman–Crippen MR) is 43.9 cm³/mol. The summed E-state index contributed by atoms with van der Waals surface area (Å²) in [6.07, 6.45) is 2.30. The van der Waals surface area contributed by atoms with Crippen molar-refractivity contribution >= 4 is 0 Å². The summed E-state index contributed by atoms with van der Waals surface area (Å²) in [7, 11) is 0. The first kappa shape index (κ1) is 8.02. The Morgan fingerprint density at radius 2 is 1.80 bits per heavy atom. The number of nitrogens with two attached hydrogens (primary N) is 1. The van der Waals surface area contributed by atoms with Gasteiger partial charge in [-0.05, 0) is 33.6 Å². The van der Waals surface area contributed by atoms with Crippen molar-refractivity contribution in [3.8, 4) is 0 Å². The fourth-order valence-corrected chi connectivity index (χ4v) is 1.39. The molecule has 0 spiro atoms. The monoisotopic (exact) mass is 142 g/mol. The third-order valence-electron chi connectivity index (χ3n) is 1.81. The van der Waals surface area contributed by atoms with Crippen LogP contribution in [0.5, 0.6) is 0 Å². The van der Waals surface area contributed by atoms with E-state index in [9.17, 15) is 0 Å². The normalized spacial score (nSPS) is 33.6. The fraction of sp³-hybridized carbons (Fsp3) is 1.00. The molecule has 0 atom stereocenters. The van der Waals surface area contributed by atoms with Gasteiger partial charge >= 0.3 is 0 Å². The van der Waals surface area contributed by atoms with Crippen molar-refractivity contribution in [2.45, 2.75) is 51.2 Å². The smallest absolute Gasteiger partial charge is 0.0101 e. The zero-order valence-electron chi connectivity index (χ0n) is 7.15. The maximum absolute atomic E-state index is 5.65. The second-order valence-electron chi connectivity index (χ2n) is 4.32. The van der Waals surface area contributed by atoms with Crippen molar-refractivity contribution in [2.24, 2.45) is 5.73 Å². The molecule has 0 amide bonds. The van der Waals surface area contributed by atoms with E-state index in [2.05, 4.69) is 26.1 Å². The number of hydrogen-bond donors (Lipinski definition) is 2. The molecule has 0 aromatic heterocycles. The van der Waals surface area contributed by atoms with Crippen molar-refractivity contribution in [2.75, 3.05) is 0 Å². The highest BCUT2D eigenvalue weighted by Gasteiger charge is 2.28. The van der Waals surface area contributed by atoms with Crippen LogP contribution in [0.3, 0.4) is 0 Å². The Kier molecular flexibility index (Phi) is 2.02. The lowest BCUT2D eigenvalue weighted by Gasteiger charge is -2.38. The van der Waals surface area contributed by atoms with Crippen LogP contribution in [0, 0.1) is 0 Å². The van der Waals surface area contributed by atoms with E-state index in [0.29, 0.717) is 12.1 Å². The maximum Gasteiger partial charge on any atom is 0.0101 e. The SMILES string of the molecule is CC(C)(C)N[C@H]1C[C@@H](N)C1. The molecule has 0 aliphatic heterocycles. The molecule has 2 heteroatoms. The Morgan fingerprint density at radius 1 is 1.30 bits per heavy atom. The second-order valence-corrected chi connectivity index (χ2v) is 4.32. The van der Waals surface area contributed by atoms with Crippen LogP contribution in [0.25, 0.3) is 0 Å². The Balaban J connectivity index is 2.16. The van der Waals surface area contributed by atoms with Crippen molar-refractivity contribution in [3.05, 3.63) is 0 Å². The molecule has 0 bridgehead atoms. The molecule has 3 N–H and O–H groups in total. The Hall–Kier alpha value is -0.0800. The molecule has 10 heavy (non-hydrogen) atoms. The molecule has 0 saturated heterocycles. The third-order valence-corrected chi connectivity index (χ3v) is 1.81. The van der Waals surface area contributed by atoms with E-state index in [0.717, 1.165) is 12.8 Å². The van der Waals surface area contributed by atoms with Crippen LogP contribution in [0.4, 0.5) is 0 Å². The summed E-state index contributed by atoms with van der Waals surface area (Å²) in [6, 6.07) is 1.13. The molecule has 1 fully saturated rings. The van der Waals surface area contributed by atoms with Crippen LogP contribution < -0.4 is 11.1 Å². The van der Waals surface area contributed by atoms with Crippen LogP contribution in [0.2, 0.25) is 0 Å². The molecule has 2 nitrogen and oxygen atoms in total. The summed E-state index contributed by atoms with van der Waals surface area (Å²) in [5.41, 5.74) is 5.90. The lowest BCUT2D eigenvalue weighted by molar-refractivity contribution is 0.237. The molecule has 1 saturated carbocycles. The number of hydrogen-bond acceptors (Lipinski definition) is 2. The third kappa shape index (κ3) is 2.27. The number of rotatable bonds is 1. The topological polar surface area (TPSA) is 38.0 Å². The molecular formula is C8H18N2. The van der Waals surface area contributed by atoms with Crippen molar-refractivity contribution in [1.29, 1.82) is 0 Å². The van der Waals surface area contributed by atoms with E-state index in [1.807, 2.05) is 0 Å². The molecule has 0 heterocycles. The Morgan fingerprint density at radius 3 is 2.10 bits per heavy atom. The van der Waals surface area contributed by atoms with E-state index in [-0.39, 0.29) is 5.54 Å². The fourth-order valence-electron chi connectivity index (χ4n) is 1.39. The minimum Gasteiger partial charge on any atom is -0.328 e. The highest BCUT2D eigenvalue weighted by molar-refractivity contribution is 4.91. The van der Waals surface area contributed by atoms with Crippen molar-refractivity contribution < 1.29 is 0 Å². The van der Waals surface area contributed by atoms with Crippen LogP contribution in [0.1, 0.15) is 33.6 Å². The average Bonchev–Trinajstić information content (AvgIpc) is 1.57. The maximum atomic E-state index is 5.65. The largest absolute Gasteiger partial charge is 0.328 e. The summed E-state index contributed by atoms with van der Waals surface area (Å²) in [5.74, 6) is 0. The minimum atomic E-state index is 0.255. The quantitative estimate of drug-likeness (QED) is 0.570. The van der Waals surface area contributed by atoms with Crippen molar-refractivity contribution in [1.82, 2.24) is 5.32 Å². The first-order valence-electron chi connectivity index (χ1n) is 4.01. The van der Waals surface area contributed by atoms with Gasteiger partial charge in [0, 0.05) is 17.6 Å². The van der Waals surface area contributed by atoms with E-state index < -0.39 is 0 Å². The van der Waals surface area contributed by atoms with E-state index >= 15 is 0 Å². The molecular weight excluding hydrogens is 124 g/mol. The van der Waals surface area contributed by atoms with Crippen molar-refractivity contribution in [3.63, 3.8) is 0 Å². The van der Waals surface area contributed by atoms with Gasteiger partial charge in [0.15, 0.2) is 0 Å². The summed E-state index contributed by atoms with van der Waals surface area (Å²) in [6.45, 7) is 6.57.